The first-order valence-electron chi connectivity index (χ1n) is 10.1. The number of carbonyl (C=O) groups excluding carboxylic acids is 2. The fourth-order valence-electron chi connectivity index (χ4n) is 4.26. The lowest BCUT2D eigenvalue weighted by Crippen LogP contribution is -2.48. The molecule has 0 aliphatic carbocycles. The van der Waals surface area contributed by atoms with Gasteiger partial charge in [-0.05, 0) is 62.4 Å². The van der Waals surface area contributed by atoms with Gasteiger partial charge in [0.2, 0.25) is 5.91 Å². The highest BCUT2D eigenvalue weighted by Crippen LogP contribution is 2.26. The first kappa shape index (κ1) is 19.2. The summed E-state index contributed by atoms with van der Waals surface area (Å²) in [6.07, 6.45) is 6.89. The van der Waals surface area contributed by atoms with E-state index in [1.54, 1.807) is 11.2 Å². The Hall–Kier alpha value is -2.12. The van der Waals surface area contributed by atoms with E-state index in [0.717, 1.165) is 31.7 Å². The average Bonchev–Trinajstić information content (AvgIpc) is 3.51. The smallest absolute Gasteiger partial charge is 0.264 e. The van der Waals surface area contributed by atoms with Crippen LogP contribution < -0.4 is 5.32 Å². The van der Waals surface area contributed by atoms with Gasteiger partial charge in [0.15, 0.2) is 0 Å². The van der Waals surface area contributed by atoms with Gasteiger partial charge < -0.3 is 14.6 Å². The van der Waals surface area contributed by atoms with Crippen molar-refractivity contribution in [3.8, 4) is 0 Å². The molecule has 4 heterocycles. The van der Waals surface area contributed by atoms with Crippen molar-refractivity contribution in [1.82, 2.24) is 15.1 Å². The van der Waals surface area contributed by atoms with Crippen LogP contribution in [-0.2, 0) is 4.79 Å². The molecule has 2 aliphatic heterocycles. The van der Waals surface area contributed by atoms with E-state index in [9.17, 15) is 9.59 Å². The Morgan fingerprint density at radius 3 is 2.71 bits per heavy atom. The second-order valence-corrected chi connectivity index (χ2v) is 8.45. The van der Waals surface area contributed by atoms with Crippen molar-refractivity contribution in [2.24, 2.45) is 0 Å². The molecular weight excluding hydrogens is 374 g/mol. The lowest BCUT2D eigenvalue weighted by molar-refractivity contribution is -0.125. The maximum Gasteiger partial charge on any atom is 0.264 e. The van der Waals surface area contributed by atoms with Crippen LogP contribution in [0.25, 0.3) is 0 Å². The van der Waals surface area contributed by atoms with Gasteiger partial charge in [-0.1, -0.05) is 12.5 Å². The highest BCUT2D eigenvalue weighted by atomic mass is 32.1. The molecule has 4 rings (SSSR count). The van der Waals surface area contributed by atoms with Gasteiger partial charge in [-0.2, -0.15) is 0 Å². The molecule has 0 aromatic carbocycles. The third kappa shape index (κ3) is 4.15. The van der Waals surface area contributed by atoms with Crippen molar-refractivity contribution < 1.29 is 14.0 Å². The Labute approximate surface area is 169 Å². The van der Waals surface area contributed by atoms with E-state index in [1.807, 2.05) is 29.6 Å². The van der Waals surface area contributed by atoms with Crippen LogP contribution in [0.2, 0.25) is 0 Å². The van der Waals surface area contributed by atoms with Crippen molar-refractivity contribution in [2.45, 2.75) is 44.2 Å². The number of rotatable bonds is 6. The average molecular weight is 402 g/mol. The second kappa shape index (κ2) is 8.92. The number of piperidine rings is 1. The van der Waals surface area contributed by atoms with Crippen molar-refractivity contribution >= 4 is 23.2 Å². The van der Waals surface area contributed by atoms with Crippen LogP contribution in [0, 0.1) is 0 Å². The fourth-order valence-corrected chi connectivity index (χ4v) is 4.94. The lowest BCUT2D eigenvalue weighted by atomic mass is 10.1. The molecule has 6 nitrogen and oxygen atoms in total. The molecule has 2 saturated heterocycles. The molecule has 2 atom stereocenters. The maximum absolute atomic E-state index is 12.9. The zero-order valence-corrected chi connectivity index (χ0v) is 16.8. The number of furan rings is 1. The number of hydrogen-bond donors (Lipinski definition) is 1. The molecule has 2 aliphatic rings. The van der Waals surface area contributed by atoms with Gasteiger partial charge in [0, 0.05) is 13.1 Å². The number of likely N-dealkylation sites (tertiary alicyclic amines) is 2. The van der Waals surface area contributed by atoms with Crippen LogP contribution >= 0.6 is 11.3 Å². The minimum absolute atomic E-state index is 0.0359. The number of carbonyl (C=O) groups is 2. The SMILES string of the molecule is O=C(NC[C@@H](c1ccco1)N1CCCCC1)[C@@H]1CCCN1C(=O)c1cccs1. The Morgan fingerprint density at radius 2 is 2.00 bits per heavy atom. The molecule has 0 saturated carbocycles. The van der Waals surface area contributed by atoms with Crippen molar-refractivity contribution in [3.05, 3.63) is 46.5 Å². The Kier molecular flexibility index (Phi) is 6.12. The lowest BCUT2D eigenvalue weighted by Gasteiger charge is -2.34. The number of nitrogens with one attached hydrogen (secondary N) is 1. The highest BCUT2D eigenvalue weighted by Gasteiger charge is 2.35. The molecule has 0 radical (unpaired) electrons. The summed E-state index contributed by atoms with van der Waals surface area (Å²) in [4.78, 5) is 30.5. The summed E-state index contributed by atoms with van der Waals surface area (Å²) in [5, 5.41) is 5.00. The van der Waals surface area contributed by atoms with E-state index in [0.29, 0.717) is 18.0 Å². The molecule has 2 fully saturated rings. The Morgan fingerprint density at radius 1 is 1.14 bits per heavy atom. The van der Waals surface area contributed by atoms with E-state index < -0.39 is 0 Å². The van der Waals surface area contributed by atoms with Gasteiger partial charge in [-0.15, -0.1) is 11.3 Å². The summed E-state index contributed by atoms with van der Waals surface area (Å²) in [6.45, 7) is 3.19. The normalized spacial score (nSPS) is 21.6. The van der Waals surface area contributed by atoms with Crippen molar-refractivity contribution in [2.75, 3.05) is 26.2 Å². The van der Waals surface area contributed by atoms with Crippen molar-refractivity contribution in [1.29, 1.82) is 0 Å². The Balaban J connectivity index is 1.40. The number of nitrogens with zero attached hydrogens (tertiary/aromatic N) is 2. The van der Waals surface area contributed by atoms with Crippen LogP contribution in [0.5, 0.6) is 0 Å². The van der Waals surface area contributed by atoms with Crippen LogP contribution in [0.1, 0.15) is 53.6 Å². The summed E-state index contributed by atoms with van der Waals surface area (Å²) in [5.41, 5.74) is 0. The monoisotopic (exact) mass is 401 g/mol. The summed E-state index contributed by atoms with van der Waals surface area (Å²) in [5.74, 6) is 0.794. The topological polar surface area (TPSA) is 65.8 Å². The van der Waals surface area contributed by atoms with Gasteiger partial charge in [0.25, 0.3) is 5.91 Å². The molecule has 0 bridgehead atoms. The minimum atomic E-state index is -0.381. The van der Waals surface area contributed by atoms with Crippen LogP contribution in [0.15, 0.2) is 40.3 Å². The molecule has 0 unspecified atom stereocenters. The molecule has 1 N–H and O–H groups in total. The second-order valence-electron chi connectivity index (χ2n) is 7.51. The molecule has 150 valence electrons. The maximum atomic E-state index is 12.9. The first-order valence-corrected chi connectivity index (χ1v) is 11.0. The van der Waals surface area contributed by atoms with Crippen LogP contribution in [-0.4, -0.2) is 53.8 Å². The fraction of sp³-hybridized carbons (Fsp3) is 0.524. The summed E-state index contributed by atoms with van der Waals surface area (Å²) >= 11 is 1.42. The summed E-state index contributed by atoms with van der Waals surface area (Å²) in [6, 6.07) is 7.23. The number of hydrogen-bond acceptors (Lipinski definition) is 5. The number of thiophene rings is 1. The third-order valence-electron chi connectivity index (χ3n) is 5.72. The molecule has 7 heteroatoms. The largest absolute Gasteiger partial charge is 0.468 e. The van der Waals surface area contributed by atoms with Gasteiger partial charge in [-0.3, -0.25) is 14.5 Å². The molecule has 0 spiro atoms. The third-order valence-corrected chi connectivity index (χ3v) is 6.58. The van der Waals surface area contributed by atoms with E-state index in [2.05, 4.69) is 10.2 Å². The van der Waals surface area contributed by atoms with Crippen LogP contribution in [0.4, 0.5) is 0 Å². The van der Waals surface area contributed by atoms with Gasteiger partial charge >= 0.3 is 0 Å². The van der Waals surface area contributed by atoms with E-state index in [4.69, 9.17) is 4.42 Å². The highest BCUT2D eigenvalue weighted by molar-refractivity contribution is 7.12. The number of amides is 2. The molecule has 2 aromatic rings. The van der Waals surface area contributed by atoms with E-state index in [1.165, 1.54) is 30.6 Å². The van der Waals surface area contributed by atoms with Gasteiger partial charge in [-0.25, -0.2) is 0 Å². The predicted molar refractivity (Wildman–Crippen MR) is 108 cm³/mol. The quantitative estimate of drug-likeness (QED) is 0.807. The molecular formula is C21H27N3O3S. The molecule has 2 aromatic heterocycles. The molecule has 2 amide bonds. The predicted octanol–water partition coefficient (Wildman–Crippen LogP) is 3.29. The zero-order chi connectivity index (χ0) is 19.3. The van der Waals surface area contributed by atoms with Gasteiger partial charge in [0.1, 0.15) is 11.8 Å². The Bertz CT molecular complexity index is 769. The van der Waals surface area contributed by atoms with Gasteiger partial charge in [0.05, 0.1) is 17.2 Å². The van der Waals surface area contributed by atoms with Crippen LogP contribution in [0.3, 0.4) is 0 Å². The van der Waals surface area contributed by atoms with E-state index in [-0.39, 0.29) is 23.9 Å². The zero-order valence-electron chi connectivity index (χ0n) is 16.0. The minimum Gasteiger partial charge on any atom is -0.468 e. The summed E-state index contributed by atoms with van der Waals surface area (Å²) in [7, 11) is 0. The first-order chi connectivity index (χ1) is 13.7. The van der Waals surface area contributed by atoms with E-state index >= 15 is 0 Å². The summed E-state index contributed by atoms with van der Waals surface area (Å²) < 4.78 is 5.66. The molecule has 28 heavy (non-hydrogen) atoms. The van der Waals surface area contributed by atoms with Crippen molar-refractivity contribution in [3.63, 3.8) is 0 Å². The standard InChI is InChI=1S/C21H27N3O3S/c25-20(16-7-4-12-24(16)21(26)19-9-6-14-28-19)22-15-17(18-8-5-13-27-18)23-10-2-1-3-11-23/h5-6,8-9,13-14,16-17H,1-4,7,10-12,15H2,(H,22,25)/t16-,17-/m0/s1.